The molecule has 0 aromatic rings. The molecule has 0 fully saturated rings. The number of fused-ring (bicyclic) bond motifs is 1. The number of hydrogen-bond acceptors (Lipinski definition) is 3. The van der Waals surface area contributed by atoms with E-state index in [0.717, 1.165) is 6.54 Å². The van der Waals surface area contributed by atoms with Gasteiger partial charge in [0.1, 0.15) is 0 Å². The molecule has 13 heavy (non-hydrogen) atoms. The molecule has 0 spiro atoms. The quantitative estimate of drug-likeness (QED) is 0.641. The van der Waals surface area contributed by atoms with Gasteiger partial charge in [-0.3, -0.25) is 4.99 Å². The molecular formula is C10H16N2S. The average molecular weight is 196 g/mol. The van der Waals surface area contributed by atoms with Gasteiger partial charge in [-0.15, -0.1) is 0 Å². The number of hydrogen-bond donors (Lipinski definition) is 0. The summed E-state index contributed by atoms with van der Waals surface area (Å²) in [5, 5.41) is 3.42. The van der Waals surface area contributed by atoms with Crippen molar-refractivity contribution in [1.29, 1.82) is 0 Å². The monoisotopic (exact) mass is 196 g/mol. The van der Waals surface area contributed by atoms with E-state index >= 15 is 0 Å². The van der Waals surface area contributed by atoms with E-state index in [0.29, 0.717) is 5.92 Å². The smallest absolute Gasteiger partial charge is 0.168 e. The van der Waals surface area contributed by atoms with Crippen molar-refractivity contribution in [3.63, 3.8) is 0 Å². The summed E-state index contributed by atoms with van der Waals surface area (Å²) in [5.41, 5.74) is 1.53. The third kappa shape index (κ3) is 1.50. The lowest BCUT2D eigenvalue weighted by Crippen LogP contribution is -2.30. The van der Waals surface area contributed by atoms with Crippen LogP contribution in [0.2, 0.25) is 0 Å². The number of allylic oxidation sites excluding steroid dienone is 1. The van der Waals surface area contributed by atoms with Gasteiger partial charge in [-0.05, 0) is 25.2 Å². The number of nitrogens with zero attached hydrogens (tertiary/aromatic N) is 2. The molecule has 72 valence electrons. The first-order valence-electron chi connectivity index (χ1n) is 4.74. The molecule has 0 N–H and O–H groups in total. The maximum absolute atomic E-state index is 4.67. The minimum Gasteiger partial charge on any atom is -0.322 e. The Morgan fingerprint density at radius 2 is 2.23 bits per heavy atom. The van der Waals surface area contributed by atoms with Gasteiger partial charge in [-0.1, -0.05) is 25.6 Å². The molecule has 0 bridgehead atoms. The fraction of sp³-hybridized carbons (Fsp3) is 0.700. The normalized spacial score (nSPS) is 24.8. The van der Waals surface area contributed by atoms with Gasteiger partial charge in [0.05, 0.1) is 5.54 Å². The summed E-state index contributed by atoms with van der Waals surface area (Å²) in [6.45, 7) is 9.90. The van der Waals surface area contributed by atoms with Gasteiger partial charge >= 0.3 is 0 Å². The zero-order valence-electron chi connectivity index (χ0n) is 8.66. The van der Waals surface area contributed by atoms with Crippen LogP contribution >= 0.6 is 11.8 Å². The van der Waals surface area contributed by atoms with Crippen LogP contribution in [0.3, 0.4) is 0 Å². The summed E-state index contributed by atoms with van der Waals surface area (Å²) >= 11 is 1.77. The number of aliphatic imine (C=N–C) groups is 1. The molecule has 0 saturated heterocycles. The highest BCUT2D eigenvalue weighted by Gasteiger charge is 2.36. The highest BCUT2D eigenvalue weighted by Crippen LogP contribution is 2.37. The van der Waals surface area contributed by atoms with Gasteiger partial charge in [0.2, 0.25) is 0 Å². The maximum atomic E-state index is 4.67. The van der Waals surface area contributed by atoms with E-state index in [1.54, 1.807) is 11.8 Å². The third-order valence-corrected chi connectivity index (χ3v) is 3.24. The number of amidine groups is 1. The van der Waals surface area contributed by atoms with Crippen LogP contribution < -0.4 is 0 Å². The Bertz CT molecular complexity index is 289. The first kappa shape index (κ1) is 9.13. The van der Waals surface area contributed by atoms with Crippen molar-refractivity contribution in [3.05, 3.63) is 11.1 Å². The summed E-state index contributed by atoms with van der Waals surface area (Å²) in [6.07, 6.45) is 0. The Balaban J connectivity index is 2.22. The third-order valence-electron chi connectivity index (χ3n) is 2.36. The van der Waals surface area contributed by atoms with E-state index in [4.69, 9.17) is 0 Å². The van der Waals surface area contributed by atoms with Crippen LogP contribution in [0, 0.1) is 5.92 Å². The molecule has 0 aromatic carbocycles. The van der Waals surface area contributed by atoms with Crippen LogP contribution in [0.25, 0.3) is 0 Å². The minimum atomic E-state index is 0.108. The second-order valence-corrected chi connectivity index (χ2v) is 5.44. The van der Waals surface area contributed by atoms with Gasteiger partial charge in [0.25, 0.3) is 0 Å². The topological polar surface area (TPSA) is 15.6 Å². The van der Waals surface area contributed by atoms with Gasteiger partial charge < -0.3 is 4.90 Å². The highest BCUT2D eigenvalue weighted by molar-refractivity contribution is 8.16. The predicted molar refractivity (Wildman–Crippen MR) is 58.7 cm³/mol. The van der Waals surface area contributed by atoms with Gasteiger partial charge in [-0.25, -0.2) is 0 Å². The summed E-state index contributed by atoms with van der Waals surface area (Å²) in [4.78, 5) is 7.02. The van der Waals surface area contributed by atoms with Crippen LogP contribution in [-0.2, 0) is 0 Å². The average Bonchev–Trinajstić information content (AvgIpc) is 2.41. The molecule has 0 atom stereocenters. The lowest BCUT2D eigenvalue weighted by atomic mass is 10.1. The van der Waals surface area contributed by atoms with Crippen molar-refractivity contribution in [2.24, 2.45) is 10.9 Å². The fourth-order valence-electron chi connectivity index (χ4n) is 1.73. The molecule has 0 aromatic heterocycles. The largest absolute Gasteiger partial charge is 0.322 e. The zero-order valence-corrected chi connectivity index (χ0v) is 9.48. The molecule has 2 aliphatic heterocycles. The van der Waals surface area contributed by atoms with E-state index in [9.17, 15) is 0 Å². The van der Waals surface area contributed by atoms with Crippen molar-refractivity contribution >= 4 is 16.9 Å². The first-order valence-corrected chi connectivity index (χ1v) is 5.62. The lowest BCUT2D eigenvalue weighted by Gasteiger charge is -2.22. The first-order chi connectivity index (χ1) is 5.99. The summed E-state index contributed by atoms with van der Waals surface area (Å²) < 4.78 is 0. The fourth-order valence-corrected chi connectivity index (χ4v) is 2.95. The van der Waals surface area contributed by atoms with Crippen molar-refractivity contribution in [2.75, 3.05) is 6.54 Å². The van der Waals surface area contributed by atoms with Crippen LogP contribution in [0.1, 0.15) is 27.7 Å². The predicted octanol–water partition coefficient (Wildman–Crippen LogP) is 2.68. The molecule has 0 aliphatic carbocycles. The molecule has 0 radical (unpaired) electrons. The molecular weight excluding hydrogens is 180 g/mol. The highest BCUT2D eigenvalue weighted by atomic mass is 32.2. The molecule has 0 amide bonds. The van der Waals surface area contributed by atoms with Crippen LogP contribution in [0.5, 0.6) is 0 Å². The Morgan fingerprint density at radius 1 is 1.54 bits per heavy atom. The molecule has 3 heteroatoms. The van der Waals surface area contributed by atoms with E-state index < -0.39 is 0 Å². The van der Waals surface area contributed by atoms with Crippen molar-refractivity contribution < 1.29 is 0 Å². The Labute approximate surface area is 84.1 Å². The van der Waals surface area contributed by atoms with Crippen LogP contribution in [-0.4, -0.2) is 22.2 Å². The van der Waals surface area contributed by atoms with Crippen molar-refractivity contribution in [2.45, 2.75) is 33.2 Å². The Morgan fingerprint density at radius 3 is 2.85 bits per heavy atom. The van der Waals surface area contributed by atoms with E-state index in [1.165, 1.54) is 10.9 Å². The van der Waals surface area contributed by atoms with E-state index in [2.05, 4.69) is 43.0 Å². The number of thioether (sulfide) groups is 1. The van der Waals surface area contributed by atoms with Crippen LogP contribution in [0.15, 0.2) is 16.1 Å². The summed E-state index contributed by atoms with van der Waals surface area (Å²) in [7, 11) is 0. The van der Waals surface area contributed by atoms with Gasteiger partial charge in [-0.2, -0.15) is 0 Å². The van der Waals surface area contributed by atoms with Crippen molar-refractivity contribution in [3.8, 4) is 0 Å². The standard InChI is InChI=1S/C10H16N2S/c1-7(2)8-5-13-9-11-10(3,4)6-12(8)9/h5,7H,6H2,1-4H3. The Kier molecular flexibility index (Phi) is 1.95. The van der Waals surface area contributed by atoms with Gasteiger partial charge in [0, 0.05) is 12.2 Å². The molecule has 2 nitrogen and oxygen atoms in total. The SMILES string of the molecule is CC(C)C1=CSC2=NC(C)(C)CN12. The van der Waals surface area contributed by atoms with Gasteiger partial charge in [0.15, 0.2) is 5.17 Å². The minimum absolute atomic E-state index is 0.108. The second kappa shape index (κ2) is 2.77. The lowest BCUT2D eigenvalue weighted by molar-refractivity contribution is 0.406. The van der Waals surface area contributed by atoms with E-state index in [-0.39, 0.29) is 5.54 Å². The second-order valence-electron chi connectivity index (χ2n) is 4.61. The molecule has 2 heterocycles. The maximum Gasteiger partial charge on any atom is 0.168 e. The molecule has 2 rings (SSSR count). The summed E-state index contributed by atoms with van der Waals surface area (Å²) in [5.74, 6) is 0.606. The van der Waals surface area contributed by atoms with Crippen LogP contribution in [0.4, 0.5) is 0 Å². The Hall–Kier alpha value is -0.440. The molecule has 2 aliphatic rings. The van der Waals surface area contributed by atoms with Crippen molar-refractivity contribution in [1.82, 2.24) is 4.90 Å². The van der Waals surface area contributed by atoms with E-state index in [1.807, 2.05) is 0 Å². The molecule has 0 saturated carbocycles. The molecule has 0 unspecified atom stereocenters. The zero-order chi connectivity index (χ0) is 9.64. The number of rotatable bonds is 1. The summed E-state index contributed by atoms with van der Waals surface area (Å²) in [6, 6.07) is 0.